The molecular formula is C33H39N3O6. The van der Waals surface area contributed by atoms with E-state index in [1.165, 1.54) is 4.90 Å². The van der Waals surface area contributed by atoms with Gasteiger partial charge in [0.05, 0.1) is 31.2 Å². The van der Waals surface area contributed by atoms with Crippen LogP contribution in [0.4, 0.5) is 5.69 Å². The summed E-state index contributed by atoms with van der Waals surface area (Å²) in [5.41, 5.74) is -0.537. The van der Waals surface area contributed by atoms with Crippen molar-refractivity contribution < 1.29 is 29.0 Å². The number of ether oxygens (including phenoxy) is 2. The fourth-order valence-corrected chi connectivity index (χ4v) is 7.18. The van der Waals surface area contributed by atoms with E-state index < -0.39 is 29.1 Å². The van der Waals surface area contributed by atoms with Gasteiger partial charge in [-0.15, -0.1) is 13.2 Å². The molecule has 2 unspecified atom stereocenters. The summed E-state index contributed by atoms with van der Waals surface area (Å²) in [5.74, 6) is -1.86. The molecule has 0 saturated carbocycles. The Balaban J connectivity index is 1.53. The molecule has 2 aromatic carbocycles. The fourth-order valence-electron chi connectivity index (χ4n) is 7.18. The highest BCUT2D eigenvalue weighted by molar-refractivity contribution is 6.05. The number of nitrogens with zero attached hydrogens (tertiary/aromatic N) is 3. The maximum absolute atomic E-state index is 14.5. The van der Waals surface area contributed by atoms with E-state index in [4.69, 9.17) is 9.47 Å². The van der Waals surface area contributed by atoms with Gasteiger partial charge in [-0.2, -0.15) is 0 Å². The summed E-state index contributed by atoms with van der Waals surface area (Å²) in [7, 11) is 1.57. The third kappa shape index (κ3) is 4.80. The van der Waals surface area contributed by atoms with Gasteiger partial charge in [-0.05, 0) is 49.6 Å². The van der Waals surface area contributed by atoms with E-state index in [1.807, 2.05) is 37.3 Å². The lowest BCUT2D eigenvalue weighted by atomic mass is 9.66. The highest BCUT2D eigenvalue weighted by atomic mass is 16.5. The zero-order valence-corrected chi connectivity index (χ0v) is 24.3. The van der Waals surface area contributed by atoms with Crippen LogP contribution in [-0.2, 0) is 25.7 Å². The van der Waals surface area contributed by atoms with Gasteiger partial charge in [0, 0.05) is 31.9 Å². The number of amides is 3. The van der Waals surface area contributed by atoms with Crippen molar-refractivity contribution in [2.45, 2.75) is 43.6 Å². The van der Waals surface area contributed by atoms with E-state index in [0.717, 1.165) is 5.56 Å². The molecule has 5 rings (SSSR count). The molecule has 2 aromatic rings. The van der Waals surface area contributed by atoms with Gasteiger partial charge in [0.1, 0.15) is 17.4 Å². The molecule has 2 bridgehead atoms. The molecule has 1 spiro atoms. The molecule has 3 heterocycles. The van der Waals surface area contributed by atoms with E-state index >= 15 is 0 Å². The quantitative estimate of drug-likeness (QED) is 0.392. The molecule has 0 aromatic heterocycles. The van der Waals surface area contributed by atoms with Crippen LogP contribution in [0.3, 0.4) is 0 Å². The smallest absolute Gasteiger partial charge is 0.253 e. The van der Waals surface area contributed by atoms with Crippen molar-refractivity contribution in [2.75, 3.05) is 38.3 Å². The van der Waals surface area contributed by atoms with Crippen LogP contribution >= 0.6 is 0 Å². The molecular weight excluding hydrogens is 534 g/mol. The SMILES string of the molecule is C=CCN(Cc1ccccc1)C(=O)[C@H]1[C@H]2C(=O)N(CCO)C(C(=O)N(CC=C)c3ccc(OC)cc3)C23CC[C@]1(C)O3. The lowest BCUT2D eigenvalue weighted by Gasteiger charge is -2.36. The van der Waals surface area contributed by atoms with Crippen LogP contribution in [0.25, 0.3) is 0 Å². The zero-order valence-electron chi connectivity index (χ0n) is 24.3. The first kappa shape index (κ1) is 29.5. The van der Waals surface area contributed by atoms with Gasteiger partial charge in [-0.1, -0.05) is 42.5 Å². The normalized spacial score (nSPS) is 27.5. The molecule has 3 amide bonds. The lowest BCUT2D eigenvalue weighted by Crippen LogP contribution is -2.57. The molecule has 1 N–H and O–H groups in total. The van der Waals surface area contributed by atoms with Gasteiger partial charge >= 0.3 is 0 Å². The zero-order chi connectivity index (χ0) is 30.1. The molecule has 3 fully saturated rings. The number of carbonyl (C=O) groups is 3. The summed E-state index contributed by atoms with van der Waals surface area (Å²) in [5, 5.41) is 9.96. The third-order valence-corrected chi connectivity index (χ3v) is 8.96. The fraction of sp³-hybridized carbons (Fsp3) is 0.424. The Labute approximate surface area is 247 Å². The number of aliphatic hydroxyl groups is 1. The molecule has 9 nitrogen and oxygen atoms in total. The number of anilines is 1. The summed E-state index contributed by atoms with van der Waals surface area (Å²) in [4.78, 5) is 47.7. The van der Waals surface area contributed by atoms with Gasteiger partial charge in [-0.3, -0.25) is 14.4 Å². The van der Waals surface area contributed by atoms with E-state index in [0.29, 0.717) is 37.4 Å². The first-order valence-electron chi connectivity index (χ1n) is 14.4. The summed E-state index contributed by atoms with van der Waals surface area (Å²) < 4.78 is 12.0. The summed E-state index contributed by atoms with van der Waals surface area (Å²) in [6, 6.07) is 15.7. The predicted octanol–water partition coefficient (Wildman–Crippen LogP) is 3.19. The van der Waals surface area contributed by atoms with Crippen molar-refractivity contribution in [3.63, 3.8) is 0 Å². The highest BCUT2D eigenvalue weighted by Gasteiger charge is 2.78. The average molecular weight is 574 g/mol. The van der Waals surface area contributed by atoms with Crippen molar-refractivity contribution in [3.05, 3.63) is 85.5 Å². The van der Waals surface area contributed by atoms with Crippen LogP contribution < -0.4 is 9.64 Å². The van der Waals surface area contributed by atoms with Crippen molar-refractivity contribution in [1.29, 1.82) is 0 Å². The minimum Gasteiger partial charge on any atom is -0.497 e. The molecule has 3 aliphatic heterocycles. The van der Waals surface area contributed by atoms with Gasteiger partial charge in [0.25, 0.3) is 5.91 Å². The third-order valence-electron chi connectivity index (χ3n) is 8.96. The lowest BCUT2D eigenvalue weighted by molar-refractivity contribution is -0.150. The monoisotopic (exact) mass is 573 g/mol. The Morgan fingerprint density at radius 1 is 1.07 bits per heavy atom. The Bertz CT molecular complexity index is 1350. The van der Waals surface area contributed by atoms with Crippen LogP contribution in [0.5, 0.6) is 5.75 Å². The minimum atomic E-state index is -1.20. The Morgan fingerprint density at radius 3 is 2.38 bits per heavy atom. The molecule has 42 heavy (non-hydrogen) atoms. The molecule has 0 aliphatic carbocycles. The van der Waals surface area contributed by atoms with Crippen molar-refractivity contribution in [2.24, 2.45) is 11.8 Å². The van der Waals surface area contributed by atoms with Crippen molar-refractivity contribution in [3.8, 4) is 5.75 Å². The summed E-state index contributed by atoms with van der Waals surface area (Å²) in [6.45, 7) is 10.1. The second-order valence-corrected chi connectivity index (χ2v) is 11.4. The number of methoxy groups -OCH3 is 1. The van der Waals surface area contributed by atoms with Crippen LogP contribution in [0.2, 0.25) is 0 Å². The number of β-amino-alcohol motifs (C(OH)–C–C–N with tert-alkyl or cyclic N) is 1. The number of hydrogen-bond acceptors (Lipinski definition) is 6. The molecule has 222 valence electrons. The average Bonchev–Trinajstić information content (AvgIpc) is 3.56. The first-order chi connectivity index (χ1) is 20.2. The van der Waals surface area contributed by atoms with Crippen LogP contribution in [0, 0.1) is 11.8 Å². The standard InChI is InChI=1S/C33H39N3O6/c1-5-18-34(22-23-10-8-7-9-11-23)29(38)26-27-30(39)36(20-21-37)28(33(27)17-16-32(26,3)42-33)31(40)35(19-6-2)24-12-14-25(41-4)15-13-24/h5-15,26-28,37H,1-2,16-22H2,3-4H3/t26-,27+,28?,32+,33?/m1/s1. The van der Waals surface area contributed by atoms with Gasteiger partial charge in [-0.25, -0.2) is 0 Å². The van der Waals surface area contributed by atoms with Crippen molar-refractivity contribution >= 4 is 23.4 Å². The summed E-state index contributed by atoms with van der Waals surface area (Å²) in [6.07, 6.45) is 4.28. The number of hydrogen-bond donors (Lipinski definition) is 1. The topological polar surface area (TPSA) is 99.6 Å². The number of likely N-dealkylation sites (tertiary alicyclic amines) is 1. The van der Waals surface area contributed by atoms with Crippen LogP contribution in [-0.4, -0.2) is 83.2 Å². The second kappa shape index (κ2) is 11.7. The molecule has 0 radical (unpaired) electrons. The molecule has 3 aliphatic rings. The second-order valence-electron chi connectivity index (χ2n) is 11.4. The summed E-state index contributed by atoms with van der Waals surface area (Å²) >= 11 is 0. The Morgan fingerprint density at radius 2 is 1.76 bits per heavy atom. The molecule has 5 atom stereocenters. The molecule has 9 heteroatoms. The van der Waals surface area contributed by atoms with Gasteiger partial charge in [0.15, 0.2) is 0 Å². The minimum absolute atomic E-state index is 0.0423. The number of carbonyl (C=O) groups excluding carboxylic acids is 3. The molecule has 3 saturated heterocycles. The van der Waals surface area contributed by atoms with Crippen LogP contribution in [0.15, 0.2) is 79.9 Å². The van der Waals surface area contributed by atoms with E-state index in [2.05, 4.69) is 13.2 Å². The van der Waals surface area contributed by atoms with E-state index in [1.54, 1.807) is 53.3 Å². The van der Waals surface area contributed by atoms with Crippen molar-refractivity contribution in [1.82, 2.24) is 9.80 Å². The maximum Gasteiger partial charge on any atom is 0.253 e. The number of rotatable bonds is 12. The Kier molecular flexibility index (Phi) is 8.25. The first-order valence-corrected chi connectivity index (χ1v) is 14.4. The predicted molar refractivity (Wildman–Crippen MR) is 159 cm³/mol. The van der Waals surface area contributed by atoms with E-state index in [-0.39, 0.29) is 37.4 Å². The van der Waals surface area contributed by atoms with Gasteiger partial charge < -0.3 is 29.3 Å². The number of aliphatic hydroxyl groups excluding tert-OH is 1. The van der Waals surface area contributed by atoms with Gasteiger partial charge in [0.2, 0.25) is 11.8 Å². The Hall–Kier alpha value is -3.95. The van der Waals surface area contributed by atoms with E-state index in [9.17, 15) is 19.5 Å². The maximum atomic E-state index is 14.5. The largest absolute Gasteiger partial charge is 0.497 e. The number of benzene rings is 2. The number of fused-ring (bicyclic) bond motifs is 1. The highest BCUT2D eigenvalue weighted by Crippen LogP contribution is 2.63. The van der Waals surface area contributed by atoms with Crippen LogP contribution in [0.1, 0.15) is 25.3 Å².